The van der Waals surface area contributed by atoms with Crippen LogP contribution in [0.4, 0.5) is 0 Å². The van der Waals surface area contributed by atoms with Gasteiger partial charge in [-0.1, -0.05) is 41.5 Å². The Bertz CT molecular complexity index is 561. The first-order chi connectivity index (χ1) is 10.6. The van der Waals surface area contributed by atoms with E-state index >= 15 is 0 Å². The molecular weight excluding hydrogens is 298 g/mol. The summed E-state index contributed by atoms with van der Waals surface area (Å²) in [6, 6.07) is 0. The predicted molar refractivity (Wildman–Crippen MR) is 105 cm³/mol. The smallest absolute Gasteiger partial charge is 0.0470 e. The monoisotopic (exact) mass is 333 g/mol. The summed E-state index contributed by atoms with van der Waals surface area (Å²) in [6.07, 6.45) is 1.29. The lowest BCUT2D eigenvalue weighted by Crippen LogP contribution is -2.25. The molecule has 23 heavy (non-hydrogen) atoms. The average molecular weight is 334 g/mol. The Morgan fingerprint density at radius 3 is 2.13 bits per heavy atom. The average Bonchev–Trinajstić information content (AvgIpc) is 2.44. The van der Waals surface area contributed by atoms with Crippen molar-refractivity contribution in [3.8, 4) is 0 Å². The normalized spacial score (nSPS) is 28.7. The summed E-state index contributed by atoms with van der Waals surface area (Å²) in [6.45, 7) is 21.1. The lowest BCUT2D eigenvalue weighted by Gasteiger charge is -2.37. The van der Waals surface area contributed by atoms with E-state index in [9.17, 15) is 0 Å². The van der Waals surface area contributed by atoms with E-state index in [4.69, 9.17) is 4.98 Å². The molecule has 2 rings (SSSR count). The zero-order valence-corrected chi connectivity index (χ0v) is 17.3. The van der Waals surface area contributed by atoms with Crippen LogP contribution in [0.3, 0.4) is 0 Å². The van der Waals surface area contributed by atoms with Crippen molar-refractivity contribution in [2.45, 2.75) is 91.1 Å². The second kappa shape index (κ2) is 7.17. The highest BCUT2D eigenvalue weighted by molar-refractivity contribution is 8.00. The molecule has 4 atom stereocenters. The minimum atomic E-state index is 0.494. The van der Waals surface area contributed by atoms with Crippen LogP contribution < -0.4 is 0 Å². The Kier molecular flexibility index (Phi) is 5.87. The Morgan fingerprint density at radius 2 is 1.61 bits per heavy atom. The second-order valence-electron chi connectivity index (χ2n) is 8.24. The number of rotatable bonds is 2. The van der Waals surface area contributed by atoms with E-state index < -0.39 is 0 Å². The molecule has 1 nitrogen and oxygen atoms in total. The fourth-order valence-corrected chi connectivity index (χ4v) is 5.52. The van der Waals surface area contributed by atoms with Crippen molar-refractivity contribution >= 4 is 11.8 Å². The molecule has 0 aromatic carbocycles. The van der Waals surface area contributed by atoms with Gasteiger partial charge in [-0.05, 0) is 67.6 Å². The molecule has 0 fully saturated rings. The van der Waals surface area contributed by atoms with E-state index in [0.29, 0.717) is 23.0 Å². The molecule has 1 aliphatic rings. The Morgan fingerprint density at radius 1 is 1.00 bits per heavy atom. The minimum Gasteiger partial charge on any atom is -0.257 e. The van der Waals surface area contributed by atoms with Gasteiger partial charge in [0.25, 0.3) is 0 Å². The van der Waals surface area contributed by atoms with E-state index in [0.717, 1.165) is 11.2 Å². The molecule has 0 saturated heterocycles. The molecule has 2 heteroatoms. The summed E-state index contributed by atoms with van der Waals surface area (Å²) in [5, 5.41) is 1.28. The summed E-state index contributed by atoms with van der Waals surface area (Å²) in [7, 11) is 0. The highest BCUT2D eigenvalue weighted by Gasteiger charge is 2.34. The van der Waals surface area contributed by atoms with Crippen molar-refractivity contribution in [3.63, 3.8) is 0 Å². The van der Waals surface area contributed by atoms with Crippen LogP contribution in [0.15, 0.2) is 0 Å². The van der Waals surface area contributed by atoms with Gasteiger partial charge in [-0.3, -0.25) is 4.98 Å². The van der Waals surface area contributed by atoms with Gasteiger partial charge in [0.05, 0.1) is 0 Å². The summed E-state index contributed by atoms with van der Waals surface area (Å²) < 4.78 is 0. The number of thioether (sulfide) groups is 1. The first kappa shape index (κ1) is 18.8. The van der Waals surface area contributed by atoms with E-state index in [1.807, 2.05) is 0 Å². The van der Waals surface area contributed by atoms with Crippen LogP contribution in [-0.2, 0) is 0 Å². The predicted octanol–water partition coefficient (Wildman–Crippen LogP) is 6.78. The molecule has 0 bridgehead atoms. The maximum absolute atomic E-state index is 5.06. The lowest BCUT2D eigenvalue weighted by atomic mass is 9.75. The van der Waals surface area contributed by atoms with Crippen molar-refractivity contribution in [3.05, 3.63) is 28.1 Å². The van der Waals surface area contributed by atoms with Crippen molar-refractivity contribution in [2.75, 3.05) is 0 Å². The number of nitrogens with zero attached hydrogens (tertiary/aromatic N) is 1. The molecule has 1 unspecified atom stereocenters. The van der Waals surface area contributed by atoms with E-state index in [1.165, 1.54) is 23.4 Å². The largest absolute Gasteiger partial charge is 0.257 e. The van der Waals surface area contributed by atoms with Crippen LogP contribution in [-0.4, -0.2) is 10.2 Å². The van der Waals surface area contributed by atoms with Gasteiger partial charge < -0.3 is 0 Å². The third-order valence-corrected chi connectivity index (χ3v) is 7.31. The number of hydrogen-bond donors (Lipinski definition) is 0. The molecule has 0 spiro atoms. The molecule has 0 radical (unpaired) electrons. The van der Waals surface area contributed by atoms with Gasteiger partial charge in [-0.25, -0.2) is 0 Å². The molecule has 0 aliphatic carbocycles. The van der Waals surface area contributed by atoms with Crippen molar-refractivity contribution in [2.24, 2.45) is 11.8 Å². The van der Waals surface area contributed by atoms with E-state index in [1.54, 1.807) is 11.1 Å². The second-order valence-corrected chi connectivity index (χ2v) is 9.96. The number of aryl methyl sites for hydroxylation is 1. The van der Waals surface area contributed by atoms with Crippen LogP contribution in [0.2, 0.25) is 0 Å². The number of hydrogen-bond acceptors (Lipinski definition) is 2. The summed E-state index contributed by atoms with van der Waals surface area (Å²) in [5.41, 5.74) is 7.21. The maximum Gasteiger partial charge on any atom is 0.0470 e. The van der Waals surface area contributed by atoms with Crippen molar-refractivity contribution < 1.29 is 0 Å². The van der Waals surface area contributed by atoms with Crippen LogP contribution in [0.5, 0.6) is 0 Å². The first-order valence-corrected chi connectivity index (χ1v) is 10.3. The number of fused-ring (bicyclic) bond motifs is 1. The van der Waals surface area contributed by atoms with Gasteiger partial charge in [-0.15, -0.1) is 0 Å². The van der Waals surface area contributed by atoms with Crippen LogP contribution >= 0.6 is 11.8 Å². The topological polar surface area (TPSA) is 12.9 Å². The fourth-order valence-electron chi connectivity index (χ4n) is 4.05. The fraction of sp³-hybridized carbons (Fsp3) is 0.762. The summed E-state index contributed by atoms with van der Waals surface area (Å²) in [5.74, 6) is 2.55. The van der Waals surface area contributed by atoms with Gasteiger partial charge in [-0.2, -0.15) is 11.8 Å². The summed E-state index contributed by atoms with van der Waals surface area (Å²) in [4.78, 5) is 5.06. The molecule has 130 valence electrons. The van der Waals surface area contributed by atoms with Crippen LogP contribution in [0, 0.1) is 25.7 Å². The Hall–Kier alpha value is -0.500. The van der Waals surface area contributed by atoms with E-state index in [-0.39, 0.29) is 0 Å². The highest BCUT2D eigenvalue weighted by Crippen LogP contribution is 2.49. The van der Waals surface area contributed by atoms with Crippen LogP contribution in [0.1, 0.15) is 100 Å². The van der Waals surface area contributed by atoms with Crippen molar-refractivity contribution in [1.29, 1.82) is 0 Å². The summed E-state index contributed by atoms with van der Waals surface area (Å²) >= 11 is 2.16. The van der Waals surface area contributed by atoms with Crippen LogP contribution in [0.25, 0.3) is 0 Å². The van der Waals surface area contributed by atoms with Gasteiger partial charge in [0.15, 0.2) is 0 Å². The molecule has 1 aliphatic heterocycles. The molecule has 0 saturated carbocycles. The third-order valence-electron chi connectivity index (χ3n) is 5.78. The molecule has 1 aromatic heterocycles. The van der Waals surface area contributed by atoms with Gasteiger partial charge in [0, 0.05) is 21.9 Å². The molecule has 0 N–H and O–H groups in total. The SMILES string of the molecule is Cc1nc(C(C)C)c2c(c1C)[C@@H](C)S[C@@H](C)[C@@H](C)CC2C(C)C. The first-order valence-electron chi connectivity index (χ1n) is 9.31. The molecular formula is C21H35NS. The quantitative estimate of drug-likeness (QED) is 0.591. The zero-order chi connectivity index (χ0) is 17.5. The van der Waals surface area contributed by atoms with Gasteiger partial charge in [0.2, 0.25) is 0 Å². The minimum absolute atomic E-state index is 0.494. The Labute approximate surface area is 148 Å². The maximum atomic E-state index is 5.06. The highest BCUT2D eigenvalue weighted by atomic mass is 32.2. The van der Waals surface area contributed by atoms with Gasteiger partial charge >= 0.3 is 0 Å². The van der Waals surface area contributed by atoms with E-state index in [2.05, 4.69) is 74.1 Å². The lowest BCUT2D eigenvalue weighted by molar-refractivity contribution is 0.380. The Balaban J connectivity index is 2.77. The molecule has 1 aromatic rings. The van der Waals surface area contributed by atoms with Crippen molar-refractivity contribution in [1.82, 2.24) is 4.98 Å². The molecule has 2 heterocycles. The molecule has 0 amide bonds. The third kappa shape index (κ3) is 3.62. The van der Waals surface area contributed by atoms with Gasteiger partial charge in [0.1, 0.15) is 0 Å². The standard InChI is InChI=1S/C21H35NS/c1-11(2)18-10-13(5)16(8)23-17(9)19-14(6)15(7)22-21(12(3)4)20(18)19/h11-13,16-18H,10H2,1-9H3/t13-,16-,17+,18?/m0/s1. The zero-order valence-electron chi connectivity index (χ0n) is 16.5. The number of aromatic nitrogens is 1. The number of pyridine rings is 1.